The zero-order valence-electron chi connectivity index (χ0n) is 10.8. The molecule has 2 unspecified atom stereocenters. The molecule has 2 atom stereocenters. The Morgan fingerprint density at radius 3 is 2.95 bits per heavy atom. The number of urea groups is 1. The minimum atomic E-state index is -0.846. The van der Waals surface area contributed by atoms with Gasteiger partial charge in [0.2, 0.25) is 0 Å². The number of anilines is 1. The first-order valence-electron chi connectivity index (χ1n) is 6.43. The van der Waals surface area contributed by atoms with E-state index in [0.29, 0.717) is 18.5 Å². The Morgan fingerprint density at radius 1 is 1.53 bits per heavy atom. The Hall–Kier alpha value is -2.05. The molecule has 3 N–H and O–H groups in total. The minimum Gasteiger partial charge on any atom is -0.481 e. The van der Waals surface area contributed by atoms with E-state index in [1.54, 1.807) is 17.1 Å². The molecule has 0 bridgehead atoms. The zero-order valence-corrected chi connectivity index (χ0v) is 10.8. The lowest BCUT2D eigenvalue weighted by Gasteiger charge is -2.17. The van der Waals surface area contributed by atoms with Crippen LogP contribution in [0.2, 0.25) is 0 Å². The van der Waals surface area contributed by atoms with Crippen molar-refractivity contribution in [3.63, 3.8) is 0 Å². The first-order valence-corrected chi connectivity index (χ1v) is 6.43. The minimum absolute atomic E-state index is 0.293. The summed E-state index contributed by atoms with van der Waals surface area (Å²) >= 11 is 0. The van der Waals surface area contributed by atoms with Crippen LogP contribution in [-0.2, 0) is 11.3 Å². The number of nitrogens with one attached hydrogen (secondary N) is 2. The van der Waals surface area contributed by atoms with Crippen LogP contribution in [0.1, 0.15) is 26.2 Å². The van der Waals surface area contributed by atoms with Crippen molar-refractivity contribution in [3.05, 3.63) is 12.4 Å². The van der Waals surface area contributed by atoms with Crippen LogP contribution in [0.3, 0.4) is 0 Å². The molecule has 104 valence electrons. The number of rotatable bonds is 4. The fourth-order valence-electron chi connectivity index (χ4n) is 2.37. The van der Waals surface area contributed by atoms with Crippen LogP contribution in [0.4, 0.5) is 10.5 Å². The first-order chi connectivity index (χ1) is 9.10. The van der Waals surface area contributed by atoms with Gasteiger partial charge in [-0.3, -0.25) is 9.48 Å². The predicted octanol–water partition coefficient (Wildman–Crippen LogP) is 1.28. The number of aliphatic carboxylic acids is 1. The highest BCUT2D eigenvalue weighted by molar-refractivity contribution is 5.89. The van der Waals surface area contributed by atoms with Crippen LogP contribution in [0.15, 0.2) is 12.4 Å². The molecule has 2 rings (SSSR count). The van der Waals surface area contributed by atoms with Gasteiger partial charge in [-0.05, 0) is 19.8 Å². The molecule has 0 aliphatic heterocycles. The second kappa shape index (κ2) is 5.73. The molecule has 7 heteroatoms. The van der Waals surface area contributed by atoms with E-state index in [2.05, 4.69) is 15.7 Å². The normalized spacial score (nSPS) is 22.2. The molecule has 0 aromatic carbocycles. The van der Waals surface area contributed by atoms with Crippen molar-refractivity contribution in [2.75, 3.05) is 5.32 Å². The maximum Gasteiger partial charge on any atom is 0.319 e. The Morgan fingerprint density at radius 2 is 2.32 bits per heavy atom. The van der Waals surface area contributed by atoms with E-state index < -0.39 is 11.9 Å². The van der Waals surface area contributed by atoms with Crippen molar-refractivity contribution in [1.82, 2.24) is 15.1 Å². The summed E-state index contributed by atoms with van der Waals surface area (Å²) in [7, 11) is 0. The molecule has 1 fully saturated rings. The molecule has 1 heterocycles. The average Bonchev–Trinajstić information content (AvgIpc) is 2.97. The van der Waals surface area contributed by atoms with Crippen LogP contribution in [0.25, 0.3) is 0 Å². The van der Waals surface area contributed by atoms with Crippen molar-refractivity contribution >= 4 is 17.7 Å². The summed E-state index contributed by atoms with van der Waals surface area (Å²) in [5.41, 5.74) is 0.601. The molecular weight excluding hydrogens is 248 g/mol. The third-order valence-corrected chi connectivity index (χ3v) is 3.36. The van der Waals surface area contributed by atoms with Gasteiger partial charge in [-0.15, -0.1) is 0 Å². The maximum absolute atomic E-state index is 11.8. The molecule has 1 saturated carbocycles. The van der Waals surface area contributed by atoms with Crippen molar-refractivity contribution in [1.29, 1.82) is 0 Å². The topological polar surface area (TPSA) is 96.2 Å². The Bertz CT molecular complexity index is 471. The van der Waals surface area contributed by atoms with Crippen molar-refractivity contribution in [2.24, 2.45) is 5.92 Å². The van der Waals surface area contributed by atoms with E-state index in [9.17, 15) is 9.59 Å². The Balaban J connectivity index is 1.88. The highest BCUT2D eigenvalue weighted by Gasteiger charge is 2.33. The van der Waals surface area contributed by atoms with Crippen LogP contribution in [0.5, 0.6) is 0 Å². The summed E-state index contributed by atoms with van der Waals surface area (Å²) in [6.07, 6.45) is 5.44. The van der Waals surface area contributed by atoms with Gasteiger partial charge < -0.3 is 15.7 Å². The van der Waals surface area contributed by atoms with Crippen molar-refractivity contribution < 1.29 is 14.7 Å². The smallest absolute Gasteiger partial charge is 0.319 e. The second-order valence-corrected chi connectivity index (χ2v) is 4.67. The van der Waals surface area contributed by atoms with Gasteiger partial charge in [-0.2, -0.15) is 5.10 Å². The average molecular weight is 266 g/mol. The number of carbonyl (C=O) groups is 2. The quantitative estimate of drug-likeness (QED) is 0.764. The maximum atomic E-state index is 11.8. The fourth-order valence-corrected chi connectivity index (χ4v) is 2.37. The van der Waals surface area contributed by atoms with E-state index in [4.69, 9.17) is 5.11 Å². The Labute approximate surface area is 111 Å². The van der Waals surface area contributed by atoms with Gasteiger partial charge in [0, 0.05) is 18.8 Å². The van der Waals surface area contributed by atoms with Crippen molar-refractivity contribution in [2.45, 2.75) is 38.8 Å². The number of amides is 2. The molecule has 19 heavy (non-hydrogen) atoms. The van der Waals surface area contributed by atoms with Crippen LogP contribution < -0.4 is 10.6 Å². The number of hydrogen-bond donors (Lipinski definition) is 3. The number of carbonyl (C=O) groups excluding carboxylic acids is 1. The molecule has 1 aromatic heterocycles. The van der Waals surface area contributed by atoms with Crippen LogP contribution in [-0.4, -0.2) is 32.9 Å². The molecule has 7 nitrogen and oxygen atoms in total. The number of carboxylic acids is 1. The summed E-state index contributed by atoms with van der Waals surface area (Å²) in [6, 6.07) is -0.674. The van der Waals surface area contributed by atoms with Gasteiger partial charge in [0.15, 0.2) is 0 Å². The highest BCUT2D eigenvalue weighted by atomic mass is 16.4. The lowest BCUT2D eigenvalue weighted by molar-refractivity contribution is -0.142. The van der Waals surface area contributed by atoms with Crippen LogP contribution in [0, 0.1) is 5.92 Å². The summed E-state index contributed by atoms with van der Waals surface area (Å²) in [4.78, 5) is 22.8. The van der Waals surface area contributed by atoms with E-state index >= 15 is 0 Å². The van der Waals surface area contributed by atoms with Gasteiger partial charge in [0.05, 0.1) is 17.8 Å². The SMILES string of the molecule is CCn1cc(NC(=O)NC2CCCC2C(=O)O)cn1. The molecule has 2 amide bonds. The predicted molar refractivity (Wildman–Crippen MR) is 68.8 cm³/mol. The largest absolute Gasteiger partial charge is 0.481 e. The van der Waals surface area contributed by atoms with Crippen LogP contribution >= 0.6 is 0 Å². The second-order valence-electron chi connectivity index (χ2n) is 4.67. The third-order valence-electron chi connectivity index (χ3n) is 3.36. The van der Waals surface area contributed by atoms with E-state index in [1.807, 2.05) is 6.92 Å². The zero-order chi connectivity index (χ0) is 13.8. The van der Waals surface area contributed by atoms with Gasteiger partial charge >= 0.3 is 12.0 Å². The molecule has 1 aliphatic carbocycles. The lowest BCUT2D eigenvalue weighted by Crippen LogP contribution is -2.42. The molecule has 0 spiro atoms. The summed E-state index contributed by atoms with van der Waals surface area (Å²) in [6.45, 7) is 2.68. The van der Waals surface area contributed by atoms with Gasteiger partial charge in [0.1, 0.15) is 0 Å². The standard InChI is InChI=1S/C12H18N4O3/c1-2-16-7-8(6-13-16)14-12(19)15-10-5-3-4-9(10)11(17)18/h6-7,9-10H,2-5H2,1H3,(H,17,18)(H2,14,15,19). The first kappa shape index (κ1) is 13.4. The van der Waals surface area contributed by atoms with Gasteiger partial charge in [-0.25, -0.2) is 4.79 Å². The molecule has 1 aromatic rings. The lowest BCUT2D eigenvalue weighted by atomic mass is 10.0. The number of carboxylic acid groups (broad SMARTS) is 1. The summed E-state index contributed by atoms with van der Waals surface area (Å²) in [5.74, 6) is -1.33. The van der Waals surface area contributed by atoms with E-state index in [1.165, 1.54) is 0 Å². The summed E-state index contributed by atoms with van der Waals surface area (Å²) in [5, 5.41) is 18.5. The molecule has 0 saturated heterocycles. The molecule has 1 aliphatic rings. The third kappa shape index (κ3) is 3.24. The monoisotopic (exact) mass is 266 g/mol. The van der Waals surface area contributed by atoms with E-state index in [0.717, 1.165) is 13.0 Å². The number of aryl methyl sites for hydroxylation is 1. The van der Waals surface area contributed by atoms with Gasteiger partial charge in [0.25, 0.3) is 0 Å². The fraction of sp³-hybridized carbons (Fsp3) is 0.583. The molecule has 0 radical (unpaired) electrons. The number of nitrogens with zero attached hydrogens (tertiary/aromatic N) is 2. The van der Waals surface area contributed by atoms with E-state index in [-0.39, 0.29) is 12.1 Å². The number of hydrogen-bond acceptors (Lipinski definition) is 3. The number of aromatic nitrogens is 2. The Kier molecular flexibility index (Phi) is 4.03. The van der Waals surface area contributed by atoms with Crippen molar-refractivity contribution in [3.8, 4) is 0 Å². The molecular formula is C12H18N4O3. The highest BCUT2D eigenvalue weighted by Crippen LogP contribution is 2.25. The van der Waals surface area contributed by atoms with Gasteiger partial charge in [-0.1, -0.05) is 6.42 Å². The summed E-state index contributed by atoms with van der Waals surface area (Å²) < 4.78 is 1.70.